The maximum Gasteiger partial charge on any atom is 0.195 e. The summed E-state index contributed by atoms with van der Waals surface area (Å²) in [5, 5.41) is -0.183. The average molecular weight is 677 g/mol. The molecule has 1 unspecified atom stereocenters. The number of carbonyl (C=O) groups excluding carboxylic acids is 2. The van der Waals surface area contributed by atoms with Crippen LogP contribution in [0.25, 0.3) is 0 Å². The van der Waals surface area contributed by atoms with Crippen molar-refractivity contribution in [2.45, 2.75) is 103 Å². The van der Waals surface area contributed by atoms with Gasteiger partial charge >= 0.3 is 0 Å². The van der Waals surface area contributed by atoms with Gasteiger partial charge < -0.3 is 32.9 Å². The van der Waals surface area contributed by atoms with Crippen molar-refractivity contribution in [2.24, 2.45) is 5.41 Å². The van der Waals surface area contributed by atoms with Gasteiger partial charge in [0.25, 0.3) is 0 Å². The third kappa shape index (κ3) is 9.93. The number of ether oxygens (including phenoxy) is 5. The largest absolute Gasteiger partial charge is 0.497 e. The van der Waals surface area contributed by atoms with E-state index in [9.17, 15) is 9.59 Å². The van der Waals surface area contributed by atoms with Crippen LogP contribution >= 0.6 is 0 Å². The summed E-state index contributed by atoms with van der Waals surface area (Å²) in [7, 11) is -0.919. The number of aldehydes is 1. The molecule has 3 aromatic carbocycles. The molecule has 48 heavy (non-hydrogen) atoms. The number of hydrogen-bond acceptors (Lipinski definition) is 8. The molecule has 0 aliphatic carbocycles. The Morgan fingerprint density at radius 2 is 1.29 bits per heavy atom. The van der Waals surface area contributed by atoms with Crippen molar-refractivity contribution in [2.75, 3.05) is 13.7 Å². The first-order chi connectivity index (χ1) is 22.8. The monoisotopic (exact) mass is 676 g/mol. The van der Waals surface area contributed by atoms with E-state index >= 15 is 0 Å². The third-order valence-electron chi connectivity index (χ3n) is 9.48. The Morgan fingerprint density at radius 3 is 1.77 bits per heavy atom. The topological polar surface area (TPSA) is 92.8 Å². The summed E-state index contributed by atoms with van der Waals surface area (Å²) in [6.45, 7) is 15.7. The van der Waals surface area contributed by atoms with E-state index in [-0.39, 0.29) is 30.6 Å². The fourth-order valence-electron chi connectivity index (χ4n) is 5.34. The minimum absolute atomic E-state index is 0.176. The highest BCUT2D eigenvalue weighted by Crippen LogP contribution is 2.44. The Labute approximate surface area is 287 Å². The lowest BCUT2D eigenvalue weighted by Crippen LogP contribution is -2.60. The average Bonchev–Trinajstić information content (AvgIpc) is 3.92. The zero-order chi connectivity index (χ0) is 35.0. The quantitative estimate of drug-likeness (QED) is 0.0741. The van der Waals surface area contributed by atoms with Gasteiger partial charge in [-0.25, -0.2) is 0 Å². The standard InChI is InChI=1S/C39H52O8Si/c1-38(2,3)48(7,8)47-37(35(34(41)33-27-44-33)45-25-29-17-13-10-14-18-29)39(4,5)36(46-26-30-19-21-31(42-6)22-20-30)32(23-40)43-24-28-15-11-9-12-16-28/h9-23,32-33,35-37H,24-27H2,1-8H3/t32-,33?,35-,36-,37-/m0/s1. The Kier molecular flexibility index (Phi) is 12.9. The van der Waals surface area contributed by atoms with Gasteiger partial charge in [0.15, 0.2) is 20.4 Å². The maximum atomic E-state index is 14.1. The van der Waals surface area contributed by atoms with Gasteiger partial charge in [0.2, 0.25) is 0 Å². The smallest absolute Gasteiger partial charge is 0.195 e. The van der Waals surface area contributed by atoms with Crippen LogP contribution in [-0.4, -0.2) is 64.6 Å². The summed E-state index contributed by atoms with van der Waals surface area (Å²) in [5.74, 6) is 0.555. The van der Waals surface area contributed by atoms with Crippen LogP contribution in [0, 0.1) is 5.41 Å². The fraction of sp³-hybridized carbons (Fsp3) is 0.487. The van der Waals surface area contributed by atoms with E-state index in [2.05, 4.69) is 33.9 Å². The van der Waals surface area contributed by atoms with E-state index in [4.69, 9.17) is 28.1 Å². The van der Waals surface area contributed by atoms with E-state index in [1.807, 2.05) is 98.8 Å². The molecule has 9 heteroatoms. The molecule has 5 atom stereocenters. The zero-order valence-corrected chi connectivity index (χ0v) is 30.6. The zero-order valence-electron chi connectivity index (χ0n) is 29.6. The molecule has 260 valence electrons. The van der Waals surface area contributed by atoms with Crippen molar-refractivity contribution >= 4 is 20.4 Å². The second-order valence-electron chi connectivity index (χ2n) is 14.5. The first-order valence-corrected chi connectivity index (χ1v) is 19.5. The maximum absolute atomic E-state index is 14.1. The van der Waals surface area contributed by atoms with Gasteiger partial charge in [-0.05, 0) is 47.0 Å². The number of rotatable bonds is 19. The summed E-state index contributed by atoms with van der Waals surface area (Å²) in [6.07, 6.45) is -3.38. The summed E-state index contributed by atoms with van der Waals surface area (Å²) in [4.78, 5) is 27.0. The Balaban J connectivity index is 1.76. The first-order valence-electron chi connectivity index (χ1n) is 16.6. The molecular formula is C39H52O8Si. The molecule has 0 spiro atoms. The van der Waals surface area contributed by atoms with Crippen molar-refractivity contribution in [3.63, 3.8) is 0 Å². The summed E-state index contributed by atoms with van der Waals surface area (Å²) in [6, 6.07) is 27.0. The van der Waals surface area contributed by atoms with Gasteiger partial charge in [-0.2, -0.15) is 0 Å². The van der Waals surface area contributed by atoms with Crippen molar-refractivity contribution in [3.8, 4) is 5.75 Å². The predicted molar refractivity (Wildman–Crippen MR) is 188 cm³/mol. The number of Topliss-reactive ketones (excluding diaryl/α,β-unsaturated/α-hetero) is 1. The van der Waals surface area contributed by atoms with Crippen LogP contribution in [0.3, 0.4) is 0 Å². The number of ketones is 1. The van der Waals surface area contributed by atoms with E-state index in [1.54, 1.807) is 7.11 Å². The molecule has 8 nitrogen and oxygen atoms in total. The number of benzene rings is 3. The number of epoxide rings is 1. The highest BCUT2D eigenvalue weighted by molar-refractivity contribution is 6.74. The number of carbonyl (C=O) groups is 2. The molecule has 1 saturated heterocycles. The predicted octanol–water partition coefficient (Wildman–Crippen LogP) is 7.33. The minimum atomic E-state index is -2.54. The second-order valence-corrected chi connectivity index (χ2v) is 19.3. The molecule has 1 aliphatic rings. The Hall–Kier alpha value is -3.18. The molecule has 1 aliphatic heterocycles. The van der Waals surface area contributed by atoms with Gasteiger partial charge in [0.1, 0.15) is 24.1 Å². The molecule has 0 saturated carbocycles. The molecule has 4 rings (SSSR count). The second kappa shape index (κ2) is 16.5. The van der Waals surface area contributed by atoms with Crippen LogP contribution in [-0.2, 0) is 52.8 Å². The molecule has 0 bridgehead atoms. The van der Waals surface area contributed by atoms with Crippen molar-refractivity contribution < 1.29 is 37.7 Å². The molecule has 0 amide bonds. The Bertz CT molecular complexity index is 1430. The lowest BCUT2D eigenvalue weighted by Gasteiger charge is -2.49. The molecule has 1 fully saturated rings. The SMILES string of the molecule is COc1ccc(CO[C@@H]([C@H](C=O)OCc2ccccc2)C(C)(C)[C@@H](O[Si](C)(C)C(C)(C)C)[C@@H](OCc2ccccc2)C(=O)C2CO2)cc1. The number of methoxy groups -OCH3 is 1. The van der Waals surface area contributed by atoms with E-state index in [0.29, 0.717) is 6.61 Å². The third-order valence-corrected chi connectivity index (χ3v) is 13.9. The van der Waals surface area contributed by atoms with Crippen LogP contribution in [0.5, 0.6) is 5.75 Å². The van der Waals surface area contributed by atoms with Crippen LogP contribution in [0.15, 0.2) is 84.9 Å². The van der Waals surface area contributed by atoms with Crippen molar-refractivity contribution in [1.82, 2.24) is 0 Å². The van der Waals surface area contributed by atoms with E-state index < -0.39 is 44.3 Å². The van der Waals surface area contributed by atoms with Crippen molar-refractivity contribution in [1.29, 1.82) is 0 Å². The summed E-state index contributed by atoms with van der Waals surface area (Å²) >= 11 is 0. The normalized spacial score (nSPS) is 17.6. The molecule has 0 N–H and O–H groups in total. The van der Waals surface area contributed by atoms with Crippen LogP contribution in [0.1, 0.15) is 51.3 Å². The van der Waals surface area contributed by atoms with E-state index in [1.165, 1.54) is 0 Å². The van der Waals surface area contributed by atoms with Crippen LogP contribution in [0.4, 0.5) is 0 Å². The lowest BCUT2D eigenvalue weighted by molar-refractivity contribution is -0.184. The molecule has 0 radical (unpaired) electrons. The fourth-order valence-corrected chi connectivity index (χ4v) is 6.76. The van der Waals surface area contributed by atoms with Gasteiger partial charge in [-0.3, -0.25) is 4.79 Å². The van der Waals surface area contributed by atoms with Crippen molar-refractivity contribution in [3.05, 3.63) is 102 Å². The van der Waals surface area contributed by atoms with Crippen LogP contribution in [0.2, 0.25) is 18.1 Å². The highest BCUT2D eigenvalue weighted by Gasteiger charge is 2.54. The summed E-state index contributed by atoms with van der Waals surface area (Å²) < 4.78 is 37.6. The van der Waals surface area contributed by atoms with Gasteiger partial charge in [0.05, 0.1) is 45.7 Å². The van der Waals surface area contributed by atoms with Crippen LogP contribution < -0.4 is 4.74 Å². The highest BCUT2D eigenvalue weighted by atomic mass is 28.4. The molecule has 0 aromatic heterocycles. The minimum Gasteiger partial charge on any atom is -0.497 e. The van der Waals surface area contributed by atoms with Gasteiger partial charge in [-0.1, -0.05) is 107 Å². The molecular weight excluding hydrogens is 625 g/mol. The summed E-state index contributed by atoms with van der Waals surface area (Å²) in [5.41, 5.74) is 1.77. The molecule has 1 heterocycles. The number of hydrogen-bond donors (Lipinski definition) is 0. The molecule has 3 aromatic rings. The van der Waals surface area contributed by atoms with Gasteiger partial charge in [-0.15, -0.1) is 0 Å². The van der Waals surface area contributed by atoms with Gasteiger partial charge in [0, 0.05) is 5.41 Å². The lowest BCUT2D eigenvalue weighted by atomic mass is 9.75. The van der Waals surface area contributed by atoms with E-state index in [0.717, 1.165) is 28.7 Å². The first kappa shape index (κ1) is 37.6. The Morgan fingerprint density at radius 1 is 0.792 bits per heavy atom.